The van der Waals surface area contributed by atoms with Crippen molar-refractivity contribution >= 4 is 34.1 Å². The van der Waals surface area contributed by atoms with Gasteiger partial charge in [0.15, 0.2) is 5.69 Å². The van der Waals surface area contributed by atoms with Gasteiger partial charge in [-0.05, 0) is 56.5 Å². The van der Waals surface area contributed by atoms with Crippen LogP contribution in [0.15, 0.2) is 55.0 Å². The van der Waals surface area contributed by atoms with E-state index in [1.165, 1.54) is 19.2 Å². The molecule has 0 bridgehead atoms. The molecule has 42 heavy (non-hydrogen) atoms. The maximum atomic E-state index is 12.9. The Kier molecular flexibility index (Phi) is 7.78. The van der Waals surface area contributed by atoms with E-state index in [2.05, 4.69) is 47.7 Å². The Labute approximate surface area is 245 Å². The maximum absolute atomic E-state index is 12.9. The normalized spacial score (nSPS) is 19.8. The van der Waals surface area contributed by atoms with E-state index < -0.39 is 0 Å². The molecule has 2 aromatic carbocycles. The molecule has 1 aliphatic heterocycles. The third kappa shape index (κ3) is 5.41. The van der Waals surface area contributed by atoms with Crippen LogP contribution in [0.4, 0.5) is 17.2 Å². The Morgan fingerprint density at radius 3 is 2.55 bits per heavy atom. The van der Waals surface area contributed by atoms with Crippen molar-refractivity contribution in [2.45, 2.75) is 37.8 Å². The highest BCUT2D eigenvalue weighted by Crippen LogP contribution is 2.40. The minimum Gasteiger partial charge on any atom is -0.495 e. The fourth-order valence-electron chi connectivity index (χ4n) is 6.37. The molecule has 4 aromatic rings. The number of methoxy groups -OCH3 is 1. The molecule has 2 fully saturated rings. The summed E-state index contributed by atoms with van der Waals surface area (Å²) in [6.45, 7) is 11.8. The van der Waals surface area contributed by atoms with Crippen LogP contribution < -0.4 is 15.8 Å². The summed E-state index contributed by atoms with van der Waals surface area (Å²) < 4.78 is 7.98. The highest BCUT2D eigenvalue weighted by Gasteiger charge is 2.30. The summed E-state index contributed by atoms with van der Waals surface area (Å²) in [7, 11) is 3.78. The van der Waals surface area contributed by atoms with Gasteiger partial charge in [0.25, 0.3) is 5.91 Å². The third-order valence-electron chi connectivity index (χ3n) is 8.75. The van der Waals surface area contributed by atoms with Crippen LogP contribution in [0, 0.1) is 6.57 Å². The number of benzene rings is 2. The topological polar surface area (TPSA) is 106 Å². The number of fused-ring (bicyclic) bond motifs is 1. The molecular formula is C32H36N8O2. The molecule has 3 heterocycles. The van der Waals surface area contributed by atoms with Crippen LogP contribution in [0.1, 0.15) is 42.1 Å². The second-order valence-electron chi connectivity index (χ2n) is 11.2. The molecule has 1 amide bonds. The molecule has 1 saturated carbocycles. The summed E-state index contributed by atoms with van der Waals surface area (Å²) in [6.07, 6.45) is 8.21. The van der Waals surface area contributed by atoms with Gasteiger partial charge in [0.2, 0.25) is 0 Å². The average Bonchev–Trinajstić information content (AvgIpc) is 3.43. The number of nitrogens with zero attached hydrogens (tertiary/aromatic N) is 6. The largest absolute Gasteiger partial charge is 0.495 e. The van der Waals surface area contributed by atoms with Crippen molar-refractivity contribution < 1.29 is 9.53 Å². The first-order chi connectivity index (χ1) is 20.4. The summed E-state index contributed by atoms with van der Waals surface area (Å²) in [6, 6.07) is 13.3. The molecule has 2 aromatic heterocycles. The van der Waals surface area contributed by atoms with Crippen LogP contribution in [0.2, 0.25) is 0 Å². The monoisotopic (exact) mass is 564 g/mol. The number of amides is 1. The summed E-state index contributed by atoms with van der Waals surface area (Å²) in [5, 5.41) is 3.75. The molecule has 216 valence electrons. The van der Waals surface area contributed by atoms with E-state index in [9.17, 15) is 4.79 Å². The lowest BCUT2D eigenvalue weighted by Crippen LogP contribution is -2.49. The lowest BCUT2D eigenvalue weighted by atomic mass is 9.89. The zero-order chi connectivity index (χ0) is 29.2. The number of nitrogens with one attached hydrogen (secondary N) is 1. The minimum absolute atomic E-state index is 0.312. The van der Waals surface area contributed by atoms with Crippen LogP contribution in [0.5, 0.6) is 5.75 Å². The van der Waals surface area contributed by atoms with E-state index in [4.69, 9.17) is 17.0 Å². The van der Waals surface area contributed by atoms with Gasteiger partial charge in [-0.1, -0.05) is 24.3 Å². The molecule has 1 saturated heterocycles. The Morgan fingerprint density at radius 2 is 1.81 bits per heavy atom. The Hall–Kier alpha value is -4.46. The van der Waals surface area contributed by atoms with Crippen molar-refractivity contribution in [3.8, 4) is 16.9 Å². The van der Waals surface area contributed by atoms with Gasteiger partial charge in [-0.2, -0.15) is 0 Å². The van der Waals surface area contributed by atoms with Crippen molar-refractivity contribution in [1.82, 2.24) is 24.3 Å². The Morgan fingerprint density at radius 1 is 1.05 bits per heavy atom. The first kappa shape index (κ1) is 27.7. The smallest absolute Gasteiger partial charge is 0.254 e. The molecule has 0 atom stereocenters. The summed E-state index contributed by atoms with van der Waals surface area (Å²) in [4.78, 5) is 30.4. The van der Waals surface area contributed by atoms with Crippen molar-refractivity contribution in [3.05, 3.63) is 72.0 Å². The molecule has 10 heteroatoms. The fourth-order valence-corrected chi connectivity index (χ4v) is 6.37. The van der Waals surface area contributed by atoms with E-state index in [1.807, 2.05) is 18.2 Å². The highest BCUT2D eigenvalue weighted by molar-refractivity contribution is 6.06. The number of nitrogen functional groups attached to an aromatic ring is 1. The molecule has 1 aliphatic carbocycles. The zero-order valence-corrected chi connectivity index (χ0v) is 24.1. The lowest BCUT2D eigenvalue weighted by Gasteiger charge is -2.41. The molecule has 10 nitrogen and oxygen atoms in total. The number of piperazine rings is 1. The first-order valence-corrected chi connectivity index (χ1v) is 14.5. The number of anilines is 2. The van der Waals surface area contributed by atoms with Gasteiger partial charge in [-0.3, -0.25) is 9.69 Å². The number of hydrogen-bond donors (Lipinski definition) is 2. The van der Waals surface area contributed by atoms with E-state index in [0.717, 1.165) is 61.2 Å². The standard InChI is InChI=1S/C32H36N8O2/c1-34-23-6-4-5-22(17-23)32(41)37-27-12-7-21(18-28(27)42-3)26-19-40(31-29(26)30(33)35-20-36-31)25-10-8-24(9-11-25)39-15-13-38(2)14-16-39/h4-7,12,17-20,24-25H,8-11,13-16H2,2-3H3,(H,37,41)(H2,33,35,36). The van der Waals surface area contributed by atoms with E-state index in [1.54, 1.807) is 31.4 Å². The predicted molar refractivity (Wildman–Crippen MR) is 165 cm³/mol. The number of carbonyl (C=O) groups is 1. The van der Waals surface area contributed by atoms with Gasteiger partial charge in [0.1, 0.15) is 23.5 Å². The number of carbonyl (C=O) groups excluding carboxylic acids is 1. The molecule has 6 rings (SSSR count). The van der Waals surface area contributed by atoms with E-state index in [0.29, 0.717) is 40.6 Å². The molecule has 0 spiro atoms. The maximum Gasteiger partial charge on any atom is 0.254 e. The Bertz CT molecular complexity index is 1640. The molecule has 3 N–H and O–H groups in total. The Balaban J connectivity index is 1.26. The van der Waals surface area contributed by atoms with Crippen molar-refractivity contribution in [1.29, 1.82) is 0 Å². The second-order valence-corrected chi connectivity index (χ2v) is 11.2. The van der Waals surface area contributed by atoms with Gasteiger partial charge in [0, 0.05) is 55.6 Å². The van der Waals surface area contributed by atoms with Crippen LogP contribution in [-0.2, 0) is 0 Å². The summed E-state index contributed by atoms with van der Waals surface area (Å²) in [5.41, 5.74) is 10.5. The molecule has 2 aliphatic rings. The van der Waals surface area contributed by atoms with Crippen molar-refractivity contribution in [2.75, 3.05) is 51.4 Å². The third-order valence-corrected chi connectivity index (χ3v) is 8.75. The number of aromatic nitrogens is 3. The fraction of sp³-hybridized carbons (Fsp3) is 0.375. The quantitative estimate of drug-likeness (QED) is 0.309. The highest BCUT2D eigenvalue weighted by atomic mass is 16.5. The molecule has 0 unspecified atom stereocenters. The van der Waals surface area contributed by atoms with E-state index in [-0.39, 0.29) is 5.91 Å². The van der Waals surface area contributed by atoms with Gasteiger partial charge < -0.3 is 25.3 Å². The van der Waals surface area contributed by atoms with E-state index >= 15 is 0 Å². The summed E-state index contributed by atoms with van der Waals surface area (Å²) in [5.74, 6) is 0.648. The van der Waals surface area contributed by atoms with Gasteiger partial charge in [0.05, 0.1) is 24.8 Å². The number of rotatable bonds is 6. The summed E-state index contributed by atoms with van der Waals surface area (Å²) >= 11 is 0. The van der Waals surface area contributed by atoms with Crippen LogP contribution in [0.3, 0.4) is 0 Å². The van der Waals surface area contributed by atoms with Crippen LogP contribution >= 0.6 is 0 Å². The number of likely N-dealkylation sites (N-methyl/N-ethyl adjacent to an activating group) is 1. The van der Waals surface area contributed by atoms with Crippen LogP contribution in [-0.4, -0.2) is 76.6 Å². The van der Waals surface area contributed by atoms with Crippen molar-refractivity contribution in [2.24, 2.45) is 0 Å². The van der Waals surface area contributed by atoms with Gasteiger partial charge in [-0.15, -0.1) is 0 Å². The number of ether oxygens (including phenoxy) is 1. The molecule has 0 radical (unpaired) electrons. The zero-order valence-electron chi connectivity index (χ0n) is 24.1. The first-order valence-electron chi connectivity index (χ1n) is 14.5. The van der Waals surface area contributed by atoms with Gasteiger partial charge in [-0.25, -0.2) is 14.8 Å². The molecular weight excluding hydrogens is 528 g/mol. The van der Waals surface area contributed by atoms with Gasteiger partial charge >= 0.3 is 0 Å². The number of nitrogens with two attached hydrogens (primary N) is 1. The number of hydrogen-bond acceptors (Lipinski definition) is 7. The van der Waals surface area contributed by atoms with Crippen molar-refractivity contribution in [3.63, 3.8) is 0 Å². The second kappa shape index (κ2) is 11.8. The lowest BCUT2D eigenvalue weighted by molar-refractivity contribution is 0.0828. The SMILES string of the molecule is [C-]#[N+]c1cccc(C(=O)Nc2ccc(-c3cn(C4CCC(N5CCN(C)CC5)CC4)c4ncnc(N)c34)cc2OC)c1. The minimum atomic E-state index is -0.312. The predicted octanol–water partition coefficient (Wildman–Crippen LogP) is 5.22. The average molecular weight is 565 g/mol. The van der Waals surface area contributed by atoms with Crippen LogP contribution in [0.25, 0.3) is 27.0 Å².